The Morgan fingerprint density at radius 2 is 1.97 bits per heavy atom. The summed E-state index contributed by atoms with van der Waals surface area (Å²) in [6, 6.07) is 13.9. The molecular formula is C29H38ClNO4. The number of aliphatic hydroxyl groups is 2. The van der Waals surface area contributed by atoms with Crippen LogP contribution in [0.3, 0.4) is 0 Å². The fourth-order valence-electron chi connectivity index (χ4n) is 5.81. The summed E-state index contributed by atoms with van der Waals surface area (Å²) in [5.41, 5.74) is 2.12. The van der Waals surface area contributed by atoms with Crippen molar-refractivity contribution in [2.24, 2.45) is 11.8 Å². The minimum absolute atomic E-state index is 0.0530. The Balaban J connectivity index is 1.60. The average Bonchev–Trinajstić information content (AvgIpc) is 3.30. The van der Waals surface area contributed by atoms with E-state index >= 15 is 0 Å². The van der Waals surface area contributed by atoms with Crippen LogP contribution in [0.25, 0.3) is 0 Å². The van der Waals surface area contributed by atoms with Crippen molar-refractivity contribution in [1.29, 1.82) is 0 Å². The Kier molecular flexibility index (Phi) is 9.10. The van der Waals surface area contributed by atoms with Crippen molar-refractivity contribution in [2.45, 2.75) is 70.3 Å². The molecule has 2 aliphatic rings. The molecule has 35 heavy (non-hydrogen) atoms. The van der Waals surface area contributed by atoms with Gasteiger partial charge in [-0.1, -0.05) is 48.4 Å². The van der Waals surface area contributed by atoms with E-state index in [2.05, 4.69) is 6.07 Å². The maximum absolute atomic E-state index is 13.2. The molecule has 0 spiro atoms. The molecular weight excluding hydrogens is 462 g/mol. The van der Waals surface area contributed by atoms with Crippen LogP contribution in [0.15, 0.2) is 42.5 Å². The first-order valence-corrected chi connectivity index (χ1v) is 13.4. The van der Waals surface area contributed by atoms with Gasteiger partial charge in [0, 0.05) is 25.6 Å². The number of likely N-dealkylation sites (tertiary alicyclic amines) is 1. The fourth-order valence-corrected chi connectivity index (χ4v) is 6.03. The molecule has 0 aromatic heterocycles. The number of aliphatic hydroxyl groups excluding tert-OH is 2. The zero-order valence-electron chi connectivity index (χ0n) is 20.7. The Bertz CT molecular complexity index is 996. The highest BCUT2D eigenvalue weighted by atomic mass is 35.5. The molecule has 1 saturated heterocycles. The topological polar surface area (TPSA) is 70.0 Å². The van der Waals surface area contributed by atoms with Crippen LogP contribution in [-0.2, 0) is 4.79 Å². The quantitative estimate of drug-likeness (QED) is 0.410. The van der Waals surface area contributed by atoms with Gasteiger partial charge in [0.05, 0.1) is 11.1 Å². The number of halogens is 1. The van der Waals surface area contributed by atoms with Crippen molar-refractivity contribution in [3.05, 3.63) is 58.6 Å². The fraction of sp³-hybridized carbons (Fsp3) is 0.552. The molecule has 4 rings (SSSR count). The number of aryl methyl sites for hydroxylation is 1. The van der Waals surface area contributed by atoms with Crippen LogP contribution >= 0.6 is 11.6 Å². The lowest BCUT2D eigenvalue weighted by atomic mass is 9.77. The van der Waals surface area contributed by atoms with Gasteiger partial charge < -0.3 is 19.8 Å². The molecule has 1 aliphatic heterocycles. The van der Waals surface area contributed by atoms with Crippen molar-refractivity contribution in [3.8, 4) is 11.5 Å². The Hall–Kier alpha value is -2.08. The minimum Gasteiger partial charge on any atom is -0.455 e. The maximum atomic E-state index is 13.2. The summed E-state index contributed by atoms with van der Waals surface area (Å²) in [5.74, 6) is 2.08. The second-order valence-electron chi connectivity index (χ2n) is 10.2. The van der Waals surface area contributed by atoms with Crippen molar-refractivity contribution in [2.75, 3.05) is 19.7 Å². The van der Waals surface area contributed by atoms with E-state index in [-0.39, 0.29) is 36.4 Å². The number of carbonyl (C=O) groups is 1. The molecule has 4 atom stereocenters. The largest absolute Gasteiger partial charge is 0.455 e. The van der Waals surface area contributed by atoms with Crippen molar-refractivity contribution in [1.82, 2.24) is 4.90 Å². The Morgan fingerprint density at radius 1 is 1.14 bits per heavy atom. The van der Waals surface area contributed by atoms with Gasteiger partial charge >= 0.3 is 0 Å². The highest BCUT2D eigenvalue weighted by molar-refractivity contribution is 6.32. The van der Waals surface area contributed by atoms with Crippen LogP contribution < -0.4 is 4.74 Å². The van der Waals surface area contributed by atoms with Gasteiger partial charge in [-0.15, -0.1) is 0 Å². The number of hydrogen-bond acceptors (Lipinski definition) is 4. The number of benzene rings is 2. The summed E-state index contributed by atoms with van der Waals surface area (Å²) in [5, 5.41) is 19.9. The van der Waals surface area contributed by atoms with E-state index in [1.807, 2.05) is 48.2 Å². The van der Waals surface area contributed by atoms with Crippen LogP contribution in [0.2, 0.25) is 5.02 Å². The number of piperidine rings is 1. The van der Waals surface area contributed by atoms with Crippen LogP contribution in [0, 0.1) is 18.8 Å². The van der Waals surface area contributed by atoms with Crippen LogP contribution in [0.5, 0.6) is 11.5 Å². The second-order valence-corrected chi connectivity index (χ2v) is 10.6. The Labute approximate surface area is 214 Å². The van der Waals surface area contributed by atoms with Gasteiger partial charge in [-0.25, -0.2) is 0 Å². The van der Waals surface area contributed by atoms with Crippen molar-refractivity contribution >= 4 is 17.5 Å². The lowest BCUT2D eigenvalue weighted by Crippen LogP contribution is -2.44. The van der Waals surface area contributed by atoms with Gasteiger partial charge in [0.1, 0.15) is 11.5 Å². The molecule has 0 unspecified atom stereocenters. The summed E-state index contributed by atoms with van der Waals surface area (Å²) >= 11 is 6.70. The first-order valence-electron chi connectivity index (χ1n) is 13.1. The van der Waals surface area contributed by atoms with Crippen LogP contribution in [-0.4, -0.2) is 46.8 Å². The Morgan fingerprint density at radius 3 is 2.71 bits per heavy atom. The van der Waals surface area contributed by atoms with Crippen LogP contribution in [0.1, 0.15) is 68.4 Å². The molecule has 2 N–H and O–H groups in total. The SMILES string of the molecule is Cc1ccccc1Oc1c(Cl)cccc1[C@H](CCCCO)[C@@H]1CCCN(C(=O)[C@H]2CC[C@@H](O)C2)C1. The maximum Gasteiger partial charge on any atom is 0.225 e. The molecule has 2 aromatic carbocycles. The van der Waals surface area contributed by atoms with Gasteiger partial charge in [0.25, 0.3) is 0 Å². The number of hydrogen-bond donors (Lipinski definition) is 2. The van der Waals surface area contributed by atoms with E-state index < -0.39 is 0 Å². The van der Waals surface area contributed by atoms with E-state index in [0.717, 1.165) is 68.4 Å². The zero-order valence-corrected chi connectivity index (χ0v) is 21.4. The highest BCUT2D eigenvalue weighted by Gasteiger charge is 2.36. The third-order valence-corrected chi connectivity index (χ3v) is 8.02. The predicted octanol–water partition coefficient (Wildman–Crippen LogP) is 6.09. The molecule has 2 fully saturated rings. The van der Waals surface area contributed by atoms with Gasteiger partial charge in [0.2, 0.25) is 5.91 Å². The van der Waals surface area contributed by atoms with E-state index in [0.29, 0.717) is 23.7 Å². The van der Waals surface area contributed by atoms with Gasteiger partial charge in [0.15, 0.2) is 0 Å². The summed E-state index contributed by atoms with van der Waals surface area (Å²) in [7, 11) is 0. The first-order chi connectivity index (χ1) is 17.0. The lowest BCUT2D eigenvalue weighted by Gasteiger charge is -2.39. The predicted molar refractivity (Wildman–Crippen MR) is 139 cm³/mol. The molecule has 5 nitrogen and oxygen atoms in total. The molecule has 0 radical (unpaired) electrons. The number of nitrogens with zero attached hydrogens (tertiary/aromatic N) is 1. The third kappa shape index (κ3) is 6.38. The molecule has 1 amide bonds. The number of rotatable bonds is 9. The van der Waals surface area contributed by atoms with Gasteiger partial charge in [-0.05, 0) is 87.0 Å². The zero-order chi connectivity index (χ0) is 24.8. The normalized spacial score (nSPS) is 23.3. The van der Waals surface area contributed by atoms with E-state index in [4.69, 9.17) is 16.3 Å². The monoisotopic (exact) mass is 499 g/mol. The number of ether oxygens (including phenoxy) is 1. The van der Waals surface area contributed by atoms with E-state index in [1.165, 1.54) is 0 Å². The van der Waals surface area contributed by atoms with E-state index in [1.54, 1.807) is 0 Å². The molecule has 2 aromatic rings. The molecule has 1 aliphatic carbocycles. The summed E-state index contributed by atoms with van der Waals surface area (Å²) in [6.07, 6.45) is 6.31. The van der Waals surface area contributed by atoms with Gasteiger partial charge in [-0.2, -0.15) is 0 Å². The lowest BCUT2D eigenvalue weighted by molar-refractivity contribution is -0.137. The molecule has 1 heterocycles. The van der Waals surface area contributed by atoms with Crippen molar-refractivity contribution in [3.63, 3.8) is 0 Å². The van der Waals surface area contributed by atoms with E-state index in [9.17, 15) is 15.0 Å². The van der Waals surface area contributed by atoms with Crippen molar-refractivity contribution < 1.29 is 19.7 Å². The molecule has 0 bridgehead atoms. The smallest absolute Gasteiger partial charge is 0.225 e. The standard InChI is InChI=1S/C29H38ClNO4/c1-20-8-2-3-13-27(20)35-28-25(11-6-12-26(28)30)24(10-4-5-17-32)22-9-7-16-31(19-22)29(34)21-14-15-23(33)18-21/h2-3,6,8,11-13,21-24,32-33H,4-5,7,9-10,14-19H2,1H3/t21-,22+,23+,24+/m0/s1. The minimum atomic E-state index is -0.344. The molecule has 6 heteroatoms. The first kappa shape index (κ1) is 26.0. The molecule has 1 saturated carbocycles. The second kappa shape index (κ2) is 12.2. The summed E-state index contributed by atoms with van der Waals surface area (Å²) < 4.78 is 6.43. The number of para-hydroxylation sites is 2. The van der Waals surface area contributed by atoms with Crippen LogP contribution in [0.4, 0.5) is 0 Å². The molecule has 190 valence electrons. The number of unbranched alkanes of at least 4 members (excludes halogenated alkanes) is 1. The number of carbonyl (C=O) groups excluding carboxylic acids is 1. The summed E-state index contributed by atoms with van der Waals surface area (Å²) in [4.78, 5) is 15.3. The average molecular weight is 500 g/mol. The summed E-state index contributed by atoms with van der Waals surface area (Å²) in [6.45, 7) is 3.70. The number of amides is 1. The highest BCUT2D eigenvalue weighted by Crippen LogP contribution is 2.44. The third-order valence-electron chi connectivity index (χ3n) is 7.72. The van der Waals surface area contributed by atoms with Gasteiger partial charge in [-0.3, -0.25) is 4.79 Å².